The fourth-order valence-electron chi connectivity index (χ4n) is 2.28. The second-order valence-electron chi connectivity index (χ2n) is 5.16. The van der Waals surface area contributed by atoms with Crippen molar-refractivity contribution in [3.05, 3.63) is 71.9 Å². The van der Waals surface area contributed by atoms with Crippen molar-refractivity contribution in [1.29, 1.82) is 5.26 Å². The molecule has 3 aromatic rings. The fourth-order valence-corrected chi connectivity index (χ4v) is 2.28. The summed E-state index contributed by atoms with van der Waals surface area (Å²) in [7, 11) is 1.65. The number of methoxy groups -OCH3 is 1. The average Bonchev–Trinajstić information content (AvgIpc) is 2.67. The van der Waals surface area contributed by atoms with Gasteiger partial charge in [-0.3, -0.25) is 0 Å². The molecule has 118 valence electrons. The van der Waals surface area contributed by atoms with E-state index in [-0.39, 0.29) is 0 Å². The molecule has 0 amide bonds. The highest BCUT2D eigenvalue weighted by molar-refractivity contribution is 5.62. The third-order valence-electron chi connectivity index (χ3n) is 3.55. The van der Waals surface area contributed by atoms with Gasteiger partial charge >= 0.3 is 0 Å². The third-order valence-corrected chi connectivity index (χ3v) is 3.55. The quantitative estimate of drug-likeness (QED) is 0.778. The maximum Gasteiger partial charge on any atom is 0.223 e. The molecule has 0 saturated carbocycles. The van der Waals surface area contributed by atoms with Gasteiger partial charge in [0, 0.05) is 18.3 Å². The first kappa shape index (κ1) is 15.5. The summed E-state index contributed by atoms with van der Waals surface area (Å²) in [5.41, 5.74) is 3.39. The van der Waals surface area contributed by atoms with Gasteiger partial charge in [0.25, 0.3) is 0 Å². The van der Waals surface area contributed by atoms with Crippen LogP contribution in [0.1, 0.15) is 11.1 Å². The minimum Gasteiger partial charge on any atom is -0.497 e. The summed E-state index contributed by atoms with van der Waals surface area (Å²) < 4.78 is 5.15. The summed E-state index contributed by atoms with van der Waals surface area (Å²) >= 11 is 0. The number of ether oxygens (including phenoxy) is 1. The summed E-state index contributed by atoms with van der Waals surface area (Å²) in [5, 5.41) is 12.2. The van der Waals surface area contributed by atoms with E-state index in [0.717, 1.165) is 22.6 Å². The predicted molar refractivity (Wildman–Crippen MR) is 92.5 cm³/mol. The average molecular weight is 316 g/mol. The minimum absolute atomic E-state index is 0.547. The van der Waals surface area contributed by atoms with Crippen LogP contribution in [-0.4, -0.2) is 17.1 Å². The molecule has 0 atom stereocenters. The number of nitriles is 1. The number of nitrogens with one attached hydrogen (secondary N) is 1. The van der Waals surface area contributed by atoms with Gasteiger partial charge in [0.2, 0.25) is 5.95 Å². The van der Waals surface area contributed by atoms with E-state index in [1.807, 2.05) is 48.5 Å². The van der Waals surface area contributed by atoms with Crippen molar-refractivity contribution in [1.82, 2.24) is 9.97 Å². The maximum absolute atomic E-state index is 9.01. The molecule has 5 heteroatoms. The molecule has 0 bridgehead atoms. The molecule has 24 heavy (non-hydrogen) atoms. The van der Waals surface area contributed by atoms with Crippen molar-refractivity contribution in [2.45, 2.75) is 6.54 Å². The van der Waals surface area contributed by atoms with Gasteiger partial charge in [0.1, 0.15) is 5.75 Å². The van der Waals surface area contributed by atoms with Crippen molar-refractivity contribution in [2.24, 2.45) is 0 Å². The Morgan fingerprint density at radius 2 is 1.96 bits per heavy atom. The Morgan fingerprint density at radius 1 is 1.12 bits per heavy atom. The molecule has 0 radical (unpaired) electrons. The molecule has 2 aromatic carbocycles. The van der Waals surface area contributed by atoms with E-state index < -0.39 is 0 Å². The predicted octanol–water partition coefficient (Wildman–Crippen LogP) is 3.64. The number of benzene rings is 2. The van der Waals surface area contributed by atoms with Crippen LogP contribution < -0.4 is 10.1 Å². The Kier molecular flexibility index (Phi) is 4.68. The summed E-state index contributed by atoms with van der Waals surface area (Å²) in [6.45, 7) is 0.617. The highest BCUT2D eigenvalue weighted by Gasteiger charge is 2.03. The lowest BCUT2D eigenvalue weighted by atomic mass is 10.1. The molecule has 1 N–H and O–H groups in total. The second kappa shape index (κ2) is 7.25. The molecule has 0 fully saturated rings. The van der Waals surface area contributed by atoms with Crippen LogP contribution in [0, 0.1) is 11.3 Å². The molecule has 3 rings (SSSR count). The molecule has 0 unspecified atom stereocenters. The fraction of sp³-hybridized carbons (Fsp3) is 0.105. The second-order valence-corrected chi connectivity index (χ2v) is 5.16. The van der Waals surface area contributed by atoms with E-state index in [1.54, 1.807) is 19.4 Å². The highest BCUT2D eigenvalue weighted by atomic mass is 16.5. The zero-order valence-electron chi connectivity index (χ0n) is 13.2. The van der Waals surface area contributed by atoms with E-state index in [9.17, 15) is 0 Å². The number of nitrogens with zero attached hydrogens (tertiary/aromatic N) is 3. The standard InChI is InChI=1S/C19H16N4O/c1-24-17-7-5-14(6-8-17)13-22-19-21-10-9-18(23-19)16-4-2-3-15(11-16)12-20/h2-11H,13H2,1H3,(H,21,22,23). The number of rotatable bonds is 5. The topological polar surface area (TPSA) is 70.8 Å². The first-order chi connectivity index (χ1) is 11.8. The Morgan fingerprint density at radius 3 is 2.71 bits per heavy atom. The van der Waals surface area contributed by atoms with Gasteiger partial charge in [-0.15, -0.1) is 0 Å². The monoisotopic (exact) mass is 316 g/mol. The number of hydrogen-bond acceptors (Lipinski definition) is 5. The van der Waals surface area contributed by atoms with Crippen LogP contribution in [0.15, 0.2) is 60.8 Å². The number of hydrogen-bond donors (Lipinski definition) is 1. The van der Waals surface area contributed by atoms with Crippen LogP contribution in [0.2, 0.25) is 0 Å². The summed E-state index contributed by atoms with van der Waals surface area (Å²) in [4.78, 5) is 8.76. The molecule has 0 spiro atoms. The van der Waals surface area contributed by atoms with Crippen molar-refractivity contribution in [2.75, 3.05) is 12.4 Å². The van der Waals surface area contributed by atoms with E-state index in [4.69, 9.17) is 10.00 Å². The van der Waals surface area contributed by atoms with Gasteiger partial charge in [-0.2, -0.15) is 5.26 Å². The molecule has 1 aromatic heterocycles. The first-order valence-corrected chi connectivity index (χ1v) is 7.49. The lowest BCUT2D eigenvalue weighted by Crippen LogP contribution is -2.04. The van der Waals surface area contributed by atoms with Gasteiger partial charge in [0.15, 0.2) is 0 Å². The van der Waals surface area contributed by atoms with Crippen LogP contribution in [0.5, 0.6) is 5.75 Å². The van der Waals surface area contributed by atoms with Crippen molar-refractivity contribution in [3.8, 4) is 23.1 Å². The lowest BCUT2D eigenvalue weighted by molar-refractivity contribution is 0.414. The molecule has 0 aliphatic rings. The van der Waals surface area contributed by atoms with Gasteiger partial charge in [0.05, 0.1) is 24.4 Å². The van der Waals surface area contributed by atoms with Crippen molar-refractivity contribution in [3.63, 3.8) is 0 Å². The zero-order chi connectivity index (χ0) is 16.8. The van der Waals surface area contributed by atoms with Crippen LogP contribution in [-0.2, 0) is 6.54 Å². The van der Waals surface area contributed by atoms with Crippen LogP contribution in [0.25, 0.3) is 11.3 Å². The Balaban J connectivity index is 1.74. The smallest absolute Gasteiger partial charge is 0.223 e. The summed E-state index contributed by atoms with van der Waals surface area (Å²) in [6.07, 6.45) is 1.71. The van der Waals surface area contributed by atoms with Gasteiger partial charge < -0.3 is 10.1 Å². The Bertz CT molecular complexity index is 869. The summed E-state index contributed by atoms with van der Waals surface area (Å²) in [6, 6.07) is 19.1. The van der Waals surface area contributed by atoms with E-state index in [2.05, 4.69) is 21.4 Å². The maximum atomic E-state index is 9.01. The molecule has 1 heterocycles. The minimum atomic E-state index is 0.547. The molecule has 5 nitrogen and oxygen atoms in total. The molecular weight excluding hydrogens is 300 g/mol. The summed E-state index contributed by atoms with van der Waals surface area (Å²) in [5.74, 6) is 1.38. The molecule has 0 aliphatic carbocycles. The third kappa shape index (κ3) is 3.68. The van der Waals surface area contributed by atoms with Crippen molar-refractivity contribution < 1.29 is 4.74 Å². The van der Waals surface area contributed by atoms with Gasteiger partial charge in [-0.05, 0) is 35.9 Å². The van der Waals surface area contributed by atoms with Crippen molar-refractivity contribution >= 4 is 5.95 Å². The number of anilines is 1. The first-order valence-electron chi connectivity index (χ1n) is 7.49. The molecule has 0 saturated heterocycles. The normalized spacial score (nSPS) is 10.0. The lowest BCUT2D eigenvalue weighted by Gasteiger charge is -2.07. The number of aromatic nitrogens is 2. The Hall–Kier alpha value is -3.39. The van der Waals surface area contributed by atoms with Crippen LogP contribution in [0.4, 0.5) is 5.95 Å². The van der Waals surface area contributed by atoms with Crippen LogP contribution in [0.3, 0.4) is 0 Å². The Labute approximate surface area is 140 Å². The van der Waals surface area contributed by atoms with Gasteiger partial charge in [-0.25, -0.2) is 9.97 Å². The SMILES string of the molecule is COc1ccc(CNc2nccc(-c3cccc(C#N)c3)n2)cc1. The largest absolute Gasteiger partial charge is 0.497 e. The van der Waals surface area contributed by atoms with Gasteiger partial charge in [-0.1, -0.05) is 24.3 Å². The van der Waals surface area contributed by atoms with E-state index >= 15 is 0 Å². The zero-order valence-corrected chi connectivity index (χ0v) is 13.2. The molecule has 0 aliphatic heterocycles. The molecular formula is C19H16N4O. The van der Waals surface area contributed by atoms with Crippen LogP contribution >= 0.6 is 0 Å². The van der Waals surface area contributed by atoms with E-state index in [1.165, 1.54) is 0 Å². The highest BCUT2D eigenvalue weighted by Crippen LogP contribution is 2.19. The van der Waals surface area contributed by atoms with E-state index in [0.29, 0.717) is 18.1 Å².